The maximum atomic E-state index is 13.0. The molecule has 1 aromatic carbocycles. The summed E-state index contributed by atoms with van der Waals surface area (Å²) in [5.74, 6) is -0.646. The number of aliphatic hydroxyl groups is 1. The minimum absolute atomic E-state index is 0.0178. The van der Waals surface area contributed by atoms with Gasteiger partial charge in [0.1, 0.15) is 6.10 Å². The Labute approximate surface area is 137 Å². The smallest absolute Gasteiger partial charge is 0.254 e. The van der Waals surface area contributed by atoms with Gasteiger partial charge in [0.05, 0.1) is 19.3 Å². The normalized spacial score (nSPS) is 27.2. The minimum Gasteiger partial charge on any atom is -0.394 e. The van der Waals surface area contributed by atoms with Crippen LogP contribution in [-0.4, -0.2) is 47.5 Å². The first-order valence-corrected chi connectivity index (χ1v) is 8.34. The van der Waals surface area contributed by atoms with E-state index < -0.39 is 5.79 Å². The molecule has 0 bridgehead atoms. The predicted molar refractivity (Wildman–Crippen MR) is 86.1 cm³/mol. The molecule has 5 heteroatoms. The van der Waals surface area contributed by atoms with Gasteiger partial charge < -0.3 is 19.5 Å². The van der Waals surface area contributed by atoms with Gasteiger partial charge in [-0.3, -0.25) is 4.79 Å². The van der Waals surface area contributed by atoms with Crippen LogP contribution in [0.2, 0.25) is 0 Å². The van der Waals surface area contributed by atoms with E-state index in [-0.39, 0.29) is 24.7 Å². The number of likely N-dealkylation sites (tertiary alicyclic amines) is 1. The van der Waals surface area contributed by atoms with Crippen molar-refractivity contribution in [2.75, 3.05) is 19.8 Å². The number of ether oxygens (including phenoxy) is 2. The topological polar surface area (TPSA) is 59.0 Å². The molecule has 1 N–H and O–H groups in total. The molecule has 126 valence electrons. The molecule has 0 radical (unpaired) electrons. The Hall–Kier alpha value is -1.43. The van der Waals surface area contributed by atoms with E-state index in [1.54, 1.807) is 0 Å². The molecule has 1 amide bonds. The van der Waals surface area contributed by atoms with Crippen LogP contribution in [-0.2, 0) is 9.47 Å². The third-order valence-corrected chi connectivity index (χ3v) is 4.65. The summed E-state index contributed by atoms with van der Waals surface area (Å²) in [6.45, 7) is 4.92. The standard InChI is InChI=1S/C18H25NO4/c1-18(2)22-12-16(23-18)14-8-3-4-9-15(14)17(21)19-10-6-5-7-13(19)11-20/h3-4,8-9,13,16,20H,5-7,10-12H2,1-2H3/t13-,16?/m0/s1. The molecule has 0 spiro atoms. The highest BCUT2D eigenvalue weighted by molar-refractivity contribution is 5.96. The van der Waals surface area contributed by atoms with Gasteiger partial charge in [-0.2, -0.15) is 0 Å². The highest BCUT2D eigenvalue weighted by Crippen LogP contribution is 2.35. The quantitative estimate of drug-likeness (QED) is 0.930. The molecule has 2 saturated heterocycles. The zero-order valence-electron chi connectivity index (χ0n) is 13.8. The molecule has 2 aliphatic rings. The number of benzene rings is 1. The Kier molecular flexibility index (Phi) is 4.71. The highest BCUT2D eigenvalue weighted by atomic mass is 16.7. The van der Waals surface area contributed by atoms with Gasteiger partial charge in [-0.25, -0.2) is 0 Å². The lowest BCUT2D eigenvalue weighted by atomic mass is 9.97. The number of nitrogens with zero attached hydrogens (tertiary/aromatic N) is 1. The summed E-state index contributed by atoms with van der Waals surface area (Å²) in [7, 11) is 0. The van der Waals surface area contributed by atoms with Crippen molar-refractivity contribution >= 4 is 5.91 Å². The van der Waals surface area contributed by atoms with Crippen LogP contribution in [0.3, 0.4) is 0 Å². The molecule has 23 heavy (non-hydrogen) atoms. The number of carbonyl (C=O) groups is 1. The van der Waals surface area contributed by atoms with Gasteiger partial charge in [-0.05, 0) is 44.7 Å². The second-order valence-corrected chi connectivity index (χ2v) is 6.74. The third kappa shape index (κ3) is 3.42. The van der Waals surface area contributed by atoms with E-state index in [0.717, 1.165) is 24.8 Å². The lowest BCUT2D eigenvalue weighted by Gasteiger charge is -2.35. The van der Waals surface area contributed by atoms with Gasteiger partial charge in [0.25, 0.3) is 5.91 Å². The average Bonchev–Trinajstić information content (AvgIpc) is 2.94. The van der Waals surface area contributed by atoms with E-state index in [4.69, 9.17) is 9.47 Å². The van der Waals surface area contributed by atoms with E-state index in [2.05, 4.69) is 0 Å². The van der Waals surface area contributed by atoms with Gasteiger partial charge in [0.15, 0.2) is 5.79 Å². The fourth-order valence-corrected chi connectivity index (χ4v) is 3.43. The number of carbonyl (C=O) groups excluding carboxylic acids is 1. The Morgan fingerprint density at radius 2 is 2.13 bits per heavy atom. The number of rotatable bonds is 3. The molecule has 1 unspecified atom stereocenters. The zero-order valence-corrected chi connectivity index (χ0v) is 13.8. The molecule has 2 fully saturated rings. The van der Waals surface area contributed by atoms with E-state index in [0.29, 0.717) is 18.7 Å². The SMILES string of the molecule is CC1(C)OCC(c2ccccc2C(=O)N2CCCC[C@H]2CO)O1. The summed E-state index contributed by atoms with van der Waals surface area (Å²) in [6.07, 6.45) is 2.67. The van der Waals surface area contributed by atoms with Crippen LogP contribution in [0.1, 0.15) is 55.1 Å². The Morgan fingerprint density at radius 3 is 2.83 bits per heavy atom. The Balaban J connectivity index is 1.86. The second-order valence-electron chi connectivity index (χ2n) is 6.74. The van der Waals surface area contributed by atoms with Crippen LogP contribution in [0.25, 0.3) is 0 Å². The maximum absolute atomic E-state index is 13.0. The average molecular weight is 319 g/mol. The van der Waals surface area contributed by atoms with Crippen LogP contribution < -0.4 is 0 Å². The summed E-state index contributed by atoms with van der Waals surface area (Å²) < 4.78 is 11.6. The molecular weight excluding hydrogens is 294 g/mol. The van der Waals surface area contributed by atoms with Gasteiger partial charge in [0, 0.05) is 12.1 Å². The van der Waals surface area contributed by atoms with E-state index in [1.165, 1.54) is 0 Å². The van der Waals surface area contributed by atoms with Crippen molar-refractivity contribution in [3.8, 4) is 0 Å². The van der Waals surface area contributed by atoms with Crippen molar-refractivity contribution in [2.24, 2.45) is 0 Å². The summed E-state index contributed by atoms with van der Waals surface area (Å²) in [6, 6.07) is 7.48. The van der Waals surface area contributed by atoms with Crippen LogP contribution in [0.4, 0.5) is 0 Å². The van der Waals surface area contributed by atoms with E-state index >= 15 is 0 Å². The number of hydrogen-bond acceptors (Lipinski definition) is 4. The fraction of sp³-hybridized carbons (Fsp3) is 0.611. The monoisotopic (exact) mass is 319 g/mol. The lowest BCUT2D eigenvalue weighted by molar-refractivity contribution is -0.139. The summed E-state index contributed by atoms with van der Waals surface area (Å²) in [4.78, 5) is 14.8. The molecule has 0 aromatic heterocycles. The van der Waals surface area contributed by atoms with Crippen molar-refractivity contribution < 1.29 is 19.4 Å². The van der Waals surface area contributed by atoms with Crippen molar-refractivity contribution in [3.63, 3.8) is 0 Å². The summed E-state index contributed by atoms with van der Waals surface area (Å²) in [5, 5.41) is 9.57. The molecule has 2 aliphatic heterocycles. The molecule has 2 heterocycles. The summed E-state index contributed by atoms with van der Waals surface area (Å²) >= 11 is 0. The van der Waals surface area contributed by atoms with Crippen molar-refractivity contribution in [1.82, 2.24) is 4.90 Å². The lowest BCUT2D eigenvalue weighted by Crippen LogP contribution is -2.46. The van der Waals surface area contributed by atoms with Gasteiger partial charge in [0.2, 0.25) is 0 Å². The minimum atomic E-state index is -0.625. The first-order valence-electron chi connectivity index (χ1n) is 8.34. The first kappa shape index (κ1) is 16.4. The number of hydrogen-bond donors (Lipinski definition) is 1. The molecule has 1 aromatic rings. The highest BCUT2D eigenvalue weighted by Gasteiger charge is 2.36. The van der Waals surface area contributed by atoms with Crippen LogP contribution in [0, 0.1) is 0 Å². The second kappa shape index (κ2) is 6.59. The number of amides is 1. The van der Waals surface area contributed by atoms with E-state index in [9.17, 15) is 9.90 Å². The molecule has 5 nitrogen and oxygen atoms in total. The van der Waals surface area contributed by atoms with Gasteiger partial charge in [-0.15, -0.1) is 0 Å². The molecule has 3 rings (SSSR count). The van der Waals surface area contributed by atoms with Gasteiger partial charge in [-0.1, -0.05) is 18.2 Å². The van der Waals surface area contributed by atoms with Crippen LogP contribution in [0.5, 0.6) is 0 Å². The Morgan fingerprint density at radius 1 is 1.35 bits per heavy atom. The maximum Gasteiger partial charge on any atom is 0.254 e. The largest absolute Gasteiger partial charge is 0.394 e. The number of aliphatic hydroxyl groups excluding tert-OH is 1. The molecular formula is C18H25NO4. The fourth-order valence-electron chi connectivity index (χ4n) is 3.43. The zero-order chi connectivity index (χ0) is 16.4. The van der Waals surface area contributed by atoms with Crippen molar-refractivity contribution in [1.29, 1.82) is 0 Å². The predicted octanol–water partition coefficient (Wildman–Crippen LogP) is 2.50. The van der Waals surface area contributed by atoms with Gasteiger partial charge >= 0.3 is 0 Å². The van der Waals surface area contributed by atoms with Crippen molar-refractivity contribution in [2.45, 2.75) is 51.0 Å². The van der Waals surface area contributed by atoms with Crippen LogP contribution in [0.15, 0.2) is 24.3 Å². The number of piperidine rings is 1. The molecule has 0 saturated carbocycles. The molecule has 0 aliphatic carbocycles. The molecule has 2 atom stereocenters. The Bertz CT molecular complexity index is 572. The third-order valence-electron chi connectivity index (χ3n) is 4.65. The first-order chi connectivity index (χ1) is 11.0. The van der Waals surface area contributed by atoms with Crippen LogP contribution >= 0.6 is 0 Å². The van der Waals surface area contributed by atoms with E-state index in [1.807, 2.05) is 43.0 Å². The summed E-state index contributed by atoms with van der Waals surface area (Å²) in [5.41, 5.74) is 1.52. The van der Waals surface area contributed by atoms with Crippen molar-refractivity contribution in [3.05, 3.63) is 35.4 Å².